The van der Waals surface area contributed by atoms with Crippen molar-refractivity contribution in [3.05, 3.63) is 204 Å². The Balaban J connectivity index is 1.18. The van der Waals surface area contributed by atoms with Crippen LogP contribution in [-0.2, 0) is 5.41 Å². The van der Waals surface area contributed by atoms with Crippen molar-refractivity contribution in [1.29, 1.82) is 0 Å². The highest BCUT2D eigenvalue weighted by molar-refractivity contribution is 6.11. The van der Waals surface area contributed by atoms with Gasteiger partial charge in [0.1, 0.15) is 0 Å². The monoisotopic (exact) mass is 646 g/mol. The number of aromatic nitrogens is 2. The van der Waals surface area contributed by atoms with Crippen molar-refractivity contribution in [3.8, 4) is 33.6 Å². The molecule has 2 heterocycles. The van der Waals surface area contributed by atoms with Gasteiger partial charge in [0.15, 0.2) is 0 Å². The minimum Gasteiger partial charge on any atom is -0.309 e. The first-order valence-corrected chi connectivity index (χ1v) is 17.8. The van der Waals surface area contributed by atoms with Gasteiger partial charge in [-0.3, -0.25) is 0 Å². The summed E-state index contributed by atoms with van der Waals surface area (Å²) in [6.07, 6.45) is 0. The topological polar surface area (TPSA) is 9.86 Å². The van der Waals surface area contributed by atoms with Gasteiger partial charge in [-0.15, -0.1) is 0 Å². The molecule has 0 saturated heterocycles. The summed E-state index contributed by atoms with van der Waals surface area (Å²) in [5, 5.41) is 5.12. The van der Waals surface area contributed by atoms with E-state index in [1.807, 2.05) is 0 Å². The maximum Gasteiger partial charge on any atom is 0.0726 e. The van der Waals surface area contributed by atoms with Crippen LogP contribution in [0.5, 0.6) is 0 Å². The highest BCUT2D eigenvalue weighted by atomic mass is 15.0. The lowest BCUT2D eigenvalue weighted by Gasteiger charge is -2.30. The molecule has 236 valence electrons. The predicted molar refractivity (Wildman–Crippen MR) is 211 cm³/mol. The van der Waals surface area contributed by atoms with Crippen LogP contribution in [-0.4, -0.2) is 9.13 Å². The number of fused-ring (bicyclic) bond motifs is 16. The summed E-state index contributed by atoms with van der Waals surface area (Å²) in [6.45, 7) is 0. The molecule has 10 aromatic rings. The van der Waals surface area contributed by atoms with Crippen molar-refractivity contribution in [2.45, 2.75) is 5.41 Å². The number of hydrogen-bond donors (Lipinski definition) is 0. The Hall–Kier alpha value is -6.64. The van der Waals surface area contributed by atoms with Gasteiger partial charge in [-0.2, -0.15) is 0 Å². The summed E-state index contributed by atoms with van der Waals surface area (Å²) in [5.74, 6) is 0. The molecule has 0 aliphatic heterocycles. The molecular formula is C49H30N2. The third-order valence-corrected chi connectivity index (χ3v) is 11.7. The van der Waals surface area contributed by atoms with Crippen molar-refractivity contribution in [2.24, 2.45) is 0 Å². The van der Waals surface area contributed by atoms with E-state index in [9.17, 15) is 0 Å². The Morgan fingerprint density at radius 1 is 0.314 bits per heavy atom. The molecule has 0 radical (unpaired) electrons. The third-order valence-electron chi connectivity index (χ3n) is 11.7. The lowest BCUT2D eigenvalue weighted by molar-refractivity contribution is 0.793. The normalized spacial score (nSPS) is 15.5. The molecule has 12 rings (SSSR count). The molecule has 1 unspecified atom stereocenters. The van der Waals surface area contributed by atoms with E-state index in [2.05, 4.69) is 191 Å². The fraction of sp³-hybridized carbons (Fsp3) is 0.0204. The summed E-state index contributed by atoms with van der Waals surface area (Å²) < 4.78 is 4.93. The second kappa shape index (κ2) is 9.74. The van der Waals surface area contributed by atoms with Gasteiger partial charge in [-0.25, -0.2) is 0 Å². The molecule has 0 amide bonds. The summed E-state index contributed by atoms with van der Waals surface area (Å²) in [4.78, 5) is 0. The summed E-state index contributed by atoms with van der Waals surface area (Å²) in [6, 6.07) is 67.7. The van der Waals surface area contributed by atoms with Gasteiger partial charge in [0.05, 0.1) is 33.2 Å². The van der Waals surface area contributed by atoms with E-state index in [4.69, 9.17) is 0 Å². The van der Waals surface area contributed by atoms with Crippen LogP contribution < -0.4 is 0 Å². The molecule has 2 aliphatic rings. The minimum absolute atomic E-state index is 0.439. The zero-order chi connectivity index (χ0) is 33.3. The average Bonchev–Trinajstić information content (AvgIpc) is 3.90. The van der Waals surface area contributed by atoms with Gasteiger partial charge in [-0.05, 0) is 81.4 Å². The van der Waals surface area contributed by atoms with Crippen LogP contribution in [0.1, 0.15) is 22.3 Å². The van der Waals surface area contributed by atoms with Crippen molar-refractivity contribution in [3.63, 3.8) is 0 Å². The van der Waals surface area contributed by atoms with E-state index in [-0.39, 0.29) is 0 Å². The van der Waals surface area contributed by atoms with E-state index in [1.54, 1.807) is 0 Å². The first-order chi connectivity index (χ1) is 25.3. The van der Waals surface area contributed by atoms with Crippen molar-refractivity contribution >= 4 is 43.6 Å². The highest BCUT2D eigenvalue weighted by Crippen LogP contribution is 2.64. The van der Waals surface area contributed by atoms with Gasteiger partial charge in [0.2, 0.25) is 0 Å². The van der Waals surface area contributed by atoms with Crippen LogP contribution >= 0.6 is 0 Å². The van der Waals surface area contributed by atoms with E-state index < -0.39 is 5.41 Å². The Morgan fingerprint density at radius 3 is 1.37 bits per heavy atom. The van der Waals surface area contributed by atoms with Crippen LogP contribution in [0.15, 0.2) is 182 Å². The number of rotatable bonds is 2. The molecule has 0 fully saturated rings. The largest absolute Gasteiger partial charge is 0.309 e. The van der Waals surface area contributed by atoms with Gasteiger partial charge in [0.25, 0.3) is 0 Å². The first kappa shape index (κ1) is 27.2. The van der Waals surface area contributed by atoms with Gasteiger partial charge in [-0.1, -0.05) is 140 Å². The number of benzene rings is 8. The predicted octanol–water partition coefficient (Wildman–Crippen LogP) is 12.2. The summed E-state index contributed by atoms with van der Waals surface area (Å²) in [7, 11) is 0. The molecule has 2 aliphatic carbocycles. The molecule has 2 heteroatoms. The zero-order valence-electron chi connectivity index (χ0n) is 27.7. The molecule has 1 spiro atoms. The molecule has 51 heavy (non-hydrogen) atoms. The van der Waals surface area contributed by atoms with Crippen molar-refractivity contribution in [2.75, 3.05) is 0 Å². The average molecular weight is 647 g/mol. The van der Waals surface area contributed by atoms with E-state index in [0.29, 0.717) is 0 Å². The van der Waals surface area contributed by atoms with Crippen LogP contribution in [0.3, 0.4) is 0 Å². The SMILES string of the molecule is c1ccc2c(c1)-c1cc(-n3c4ccccc4c4ccccc43)ccc1C21c2ccccc2-c2c(-n3c4ccccc4c4ccccc43)cccc21. The van der Waals surface area contributed by atoms with E-state index in [1.165, 1.54) is 99.5 Å². The van der Waals surface area contributed by atoms with Gasteiger partial charge >= 0.3 is 0 Å². The second-order valence-electron chi connectivity index (χ2n) is 14.0. The standard InChI is InChI=1S/C49H30N2/c1-7-20-39-32(14-1)38-30-31(50-43-23-9-3-15-33(43)34-16-4-10-24-44(34)50)28-29-41(38)49(39)40-21-8-2-19-37(40)48-42(49)22-13-27-47(48)51-45-25-11-5-17-35(45)36-18-6-12-26-46(36)51/h1-30H. The molecular weight excluding hydrogens is 617 g/mol. The minimum atomic E-state index is -0.439. The number of nitrogens with zero attached hydrogens (tertiary/aromatic N) is 2. The molecule has 0 bridgehead atoms. The highest BCUT2D eigenvalue weighted by Gasteiger charge is 2.52. The van der Waals surface area contributed by atoms with E-state index >= 15 is 0 Å². The fourth-order valence-corrected chi connectivity index (χ4v) is 9.87. The first-order valence-electron chi connectivity index (χ1n) is 17.8. The number of para-hydroxylation sites is 4. The summed E-state index contributed by atoms with van der Waals surface area (Å²) in [5.41, 5.74) is 17.5. The number of hydrogen-bond acceptors (Lipinski definition) is 0. The van der Waals surface area contributed by atoms with Crippen LogP contribution in [0.4, 0.5) is 0 Å². The molecule has 2 aromatic heterocycles. The lowest BCUT2D eigenvalue weighted by atomic mass is 9.70. The van der Waals surface area contributed by atoms with Crippen LogP contribution in [0.2, 0.25) is 0 Å². The maximum absolute atomic E-state index is 2.49. The molecule has 0 saturated carbocycles. The maximum atomic E-state index is 2.49. The fourth-order valence-electron chi connectivity index (χ4n) is 9.87. The molecule has 2 nitrogen and oxygen atoms in total. The Labute approximate surface area is 295 Å². The van der Waals surface area contributed by atoms with Crippen LogP contribution in [0, 0.1) is 0 Å². The Kier molecular flexibility index (Phi) is 5.20. The molecule has 8 aromatic carbocycles. The smallest absolute Gasteiger partial charge is 0.0726 e. The lowest BCUT2D eigenvalue weighted by Crippen LogP contribution is -2.25. The van der Waals surface area contributed by atoms with Gasteiger partial charge < -0.3 is 9.13 Å². The third kappa shape index (κ3) is 3.28. The van der Waals surface area contributed by atoms with Crippen LogP contribution in [0.25, 0.3) is 77.2 Å². The second-order valence-corrected chi connectivity index (χ2v) is 14.0. The van der Waals surface area contributed by atoms with E-state index in [0.717, 1.165) is 0 Å². The Morgan fingerprint density at radius 2 is 0.765 bits per heavy atom. The van der Waals surface area contributed by atoms with Crippen molar-refractivity contribution < 1.29 is 0 Å². The quantitative estimate of drug-likeness (QED) is 0.177. The zero-order valence-corrected chi connectivity index (χ0v) is 27.7. The Bertz CT molecular complexity index is 2990. The van der Waals surface area contributed by atoms with Gasteiger partial charge in [0, 0.05) is 32.8 Å². The summed E-state index contributed by atoms with van der Waals surface area (Å²) >= 11 is 0. The molecule has 0 N–H and O–H groups in total. The molecule has 1 atom stereocenters. The van der Waals surface area contributed by atoms with Crippen molar-refractivity contribution in [1.82, 2.24) is 9.13 Å².